The lowest BCUT2D eigenvalue weighted by atomic mass is 9.90. The Morgan fingerprint density at radius 1 is 1.36 bits per heavy atom. The lowest BCUT2D eigenvalue weighted by Gasteiger charge is -2.38. The fraction of sp³-hybridized carbons (Fsp3) is 0.667. The van der Waals surface area contributed by atoms with Crippen LogP contribution in [0.15, 0.2) is 29.3 Å². The molecule has 0 saturated carbocycles. The highest BCUT2D eigenvalue weighted by Crippen LogP contribution is 2.39. The number of hydrogen-bond acceptors (Lipinski definition) is 4. The van der Waals surface area contributed by atoms with Crippen LogP contribution in [0, 0.1) is 0 Å². The molecule has 158 valence electrons. The van der Waals surface area contributed by atoms with E-state index in [1.54, 1.807) is 7.11 Å². The molecule has 2 aliphatic rings. The van der Waals surface area contributed by atoms with E-state index in [0.717, 1.165) is 44.4 Å². The summed E-state index contributed by atoms with van der Waals surface area (Å²) in [5.41, 5.74) is 0.996. The number of methoxy groups -OCH3 is 1. The van der Waals surface area contributed by atoms with Crippen LogP contribution in [0.25, 0.3) is 0 Å². The zero-order valence-corrected chi connectivity index (χ0v) is 19.9. The van der Waals surface area contributed by atoms with E-state index in [2.05, 4.69) is 46.5 Å². The van der Waals surface area contributed by atoms with Gasteiger partial charge in [0.15, 0.2) is 5.96 Å². The first-order valence-electron chi connectivity index (χ1n) is 10.0. The predicted molar refractivity (Wildman–Crippen MR) is 125 cm³/mol. The number of guanidine groups is 1. The maximum atomic E-state index is 6.14. The van der Waals surface area contributed by atoms with Gasteiger partial charge < -0.3 is 20.1 Å². The zero-order chi connectivity index (χ0) is 19.3. The van der Waals surface area contributed by atoms with E-state index in [0.29, 0.717) is 6.04 Å². The average molecular weight is 502 g/mol. The molecule has 0 spiro atoms. The van der Waals surface area contributed by atoms with Gasteiger partial charge in [-0.1, -0.05) is 18.2 Å². The van der Waals surface area contributed by atoms with Crippen LogP contribution in [0.3, 0.4) is 0 Å². The standard InChI is InChI=1S/C21H34N4O2.HI/c1-21(2)14-18(17-9-5-6-10-19(17)27-21)24-20(22-3)23-15-16-8-7-11-25(16)12-13-26-4;/h5-6,9-10,16,18H,7-8,11-15H2,1-4H3,(H2,22,23,24);1H. The first kappa shape index (κ1) is 23.2. The Morgan fingerprint density at radius 3 is 2.89 bits per heavy atom. The van der Waals surface area contributed by atoms with Gasteiger partial charge in [-0.25, -0.2) is 0 Å². The molecule has 3 rings (SSSR count). The van der Waals surface area contributed by atoms with Crippen LogP contribution in [0.1, 0.15) is 44.7 Å². The quantitative estimate of drug-likeness (QED) is 0.356. The highest BCUT2D eigenvalue weighted by Gasteiger charge is 2.34. The van der Waals surface area contributed by atoms with E-state index in [-0.39, 0.29) is 35.6 Å². The second-order valence-corrected chi connectivity index (χ2v) is 8.08. The van der Waals surface area contributed by atoms with Gasteiger partial charge in [-0.15, -0.1) is 24.0 Å². The topological polar surface area (TPSA) is 58.1 Å². The van der Waals surface area contributed by atoms with Gasteiger partial charge >= 0.3 is 0 Å². The number of aliphatic imine (C=N–C) groups is 1. The number of fused-ring (bicyclic) bond motifs is 1. The number of rotatable bonds is 6. The molecule has 0 bridgehead atoms. The molecule has 28 heavy (non-hydrogen) atoms. The fourth-order valence-electron chi connectivity index (χ4n) is 4.13. The fourth-order valence-corrected chi connectivity index (χ4v) is 4.13. The summed E-state index contributed by atoms with van der Waals surface area (Å²) in [6, 6.07) is 9.00. The number of halogens is 1. The maximum absolute atomic E-state index is 6.14. The van der Waals surface area contributed by atoms with Crippen molar-refractivity contribution in [1.29, 1.82) is 0 Å². The number of likely N-dealkylation sites (tertiary alicyclic amines) is 1. The van der Waals surface area contributed by atoms with Gasteiger partial charge in [-0.2, -0.15) is 0 Å². The number of nitrogens with zero attached hydrogens (tertiary/aromatic N) is 2. The van der Waals surface area contributed by atoms with Crippen molar-refractivity contribution in [2.24, 2.45) is 4.99 Å². The second kappa shape index (κ2) is 10.6. The summed E-state index contributed by atoms with van der Waals surface area (Å²) in [5, 5.41) is 7.15. The molecule has 2 unspecified atom stereocenters. The molecular weight excluding hydrogens is 467 g/mol. The number of hydrogen-bond donors (Lipinski definition) is 2. The van der Waals surface area contributed by atoms with E-state index >= 15 is 0 Å². The molecule has 6 nitrogen and oxygen atoms in total. The molecule has 7 heteroatoms. The van der Waals surface area contributed by atoms with Crippen molar-refractivity contribution in [3.05, 3.63) is 29.8 Å². The van der Waals surface area contributed by atoms with E-state index in [4.69, 9.17) is 9.47 Å². The van der Waals surface area contributed by atoms with Crippen LogP contribution >= 0.6 is 24.0 Å². The minimum absolute atomic E-state index is 0. The molecule has 0 radical (unpaired) electrons. The summed E-state index contributed by atoms with van der Waals surface area (Å²) >= 11 is 0. The normalized spacial score (nSPS) is 24.1. The number of ether oxygens (including phenoxy) is 2. The van der Waals surface area contributed by atoms with Crippen molar-refractivity contribution in [2.45, 2.75) is 50.8 Å². The molecule has 0 aliphatic carbocycles. The van der Waals surface area contributed by atoms with Crippen molar-refractivity contribution in [2.75, 3.05) is 40.4 Å². The molecular formula is C21H35IN4O2. The van der Waals surface area contributed by atoms with Gasteiger partial charge in [0, 0.05) is 45.3 Å². The van der Waals surface area contributed by atoms with Crippen LogP contribution < -0.4 is 15.4 Å². The highest BCUT2D eigenvalue weighted by molar-refractivity contribution is 14.0. The van der Waals surface area contributed by atoms with Crippen LogP contribution in [0.4, 0.5) is 0 Å². The predicted octanol–water partition coefficient (Wildman–Crippen LogP) is 3.18. The molecule has 1 fully saturated rings. The van der Waals surface area contributed by atoms with Crippen molar-refractivity contribution >= 4 is 29.9 Å². The lowest BCUT2D eigenvalue weighted by Crippen LogP contribution is -2.48. The summed E-state index contributed by atoms with van der Waals surface area (Å²) in [5.74, 6) is 1.81. The van der Waals surface area contributed by atoms with E-state index in [9.17, 15) is 0 Å². The molecule has 2 aliphatic heterocycles. The molecule has 2 heterocycles. The Kier molecular flexibility index (Phi) is 8.82. The van der Waals surface area contributed by atoms with Crippen molar-refractivity contribution in [1.82, 2.24) is 15.5 Å². The Hall–Kier alpha value is -1.06. The third-order valence-electron chi connectivity index (χ3n) is 5.50. The van der Waals surface area contributed by atoms with E-state index < -0.39 is 0 Å². The van der Waals surface area contributed by atoms with Gasteiger partial charge in [0.1, 0.15) is 11.4 Å². The number of para-hydroxylation sites is 1. The van der Waals surface area contributed by atoms with Gasteiger partial charge in [0.05, 0.1) is 12.6 Å². The first-order chi connectivity index (χ1) is 13.0. The Labute approximate surface area is 186 Å². The van der Waals surface area contributed by atoms with Crippen LogP contribution in [-0.4, -0.2) is 62.9 Å². The maximum Gasteiger partial charge on any atom is 0.191 e. The lowest BCUT2D eigenvalue weighted by molar-refractivity contribution is 0.0694. The van der Waals surface area contributed by atoms with Crippen LogP contribution in [-0.2, 0) is 4.74 Å². The molecule has 1 saturated heterocycles. The second-order valence-electron chi connectivity index (χ2n) is 8.08. The molecule has 1 aromatic rings. The van der Waals surface area contributed by atoms with Gasteiger partial charge in [-0.05, 0) is 39.3 Å². The average Bonchev–Trinajstić information content (AvgIpc) is 3.09. The molecule has 1 aromatic carbocycles. The monoisotopic (exact) mass is 502 g/mol. The summed E-state index contributed by atoms with van der Waals surface area (Å²) in [6.45, 7) is 8.12. The van der Waals surface area contributed by atoms with E-state index in [1.165, 1.54) is 18.4 Å². The van der Waals surface area contributed by atoms with Crippen LogP contribution in [0.5, 0.6) is 5.75 Å². The summed E-state index contributed by atoms with van der Waals surface area (Å²) in [7, 11) is 3.60. The molecule has 2 atom stereocenters. The van der Waals surface area contributed by atoms with Gasteiger partial charge in [0.2, 0.25) is 0 Å². The van der Waals surface area contributed by atoms with E-state index in [1.807, 2.05) is 19.2 Å². The Morgan fingerprint density at radius 2 is 2.14 bits per heavy atom. The van der Waals surface area contributed by atoms with Crippen LogP contribution in [0.2, 0.25) is 0 Å². The SMILES string of the molecule is CN=C(NCC1CCCN1CCOC)NC1CC(C)(C)Oc2ccccc21.I. The van der Waals surface area contributed by atoms with Gasteiger partial charge in [-0.3, -0.25) is 9.89 Å². The van der Waals surface area contributed by atoms with Crippen molar-refractivity contribution in [3.63, 3.8) is 0 Å². The summed E-state index contributed by atoms with van der Waals surface area (Å²) in [4.78, 5) is 6.97. The Balaban J connectivity index is 0.00000280. The van der Waals surface area contributed by atoms with Crippen molar-refractivity contribution in [3.8, 4) is 5.75 Å². The summed E-state index contributed by atoms with van der Waals surface area (Å²) in [6.07, 6.45) is 3.37. The number of benzene rings is 1. The largest absolute Gasteiger partial charge is 0.487 e. The molecule has 2 N–H and O–H groups in total. The summed E-state index contributed by atoms with van der Waals surface area (Å²) < 4.78 is 11.4. The minimum atomic E-state index is -0.201. The molecule has 0 amide bonds. The number of nitrogens with one attached hydrogen (secondary N) is 2. The zero-order valence-electron chi connectivity index (χ0n) is 17.5. The van der Waals surface area contributed by atoms with Crippen molar-refractivity contribution < 1.29 is 9.47 Å². The van der Waals surface area contributed by atoms with Gasteiger partial charge in [0.25, 0.3) is 0 Å². The smallest absolute Gasteiger partial charge is 0.191 e. The minimum Gasteiger partial charge on any atom is -0.487 e. The Bertz CT molecular complexity index is 653. The third kappa shape index (κ3) is 5.97. The first-order valence-corrected chi connectivity index (χ1v) is 10.0. The molecule has 0 aromatic heterocycles. The highest BCUT2D eigenvalue weighted by atomic mass is 127. The third-order valence-corrected chi connectivity index (χ3v) is 5.50.